The summed E-state index contributed by atoms with van der Waals surface area (Å²) in [6.07, 6.45) is 8.83. The fourth-order valence-electron chi connectivity index (χ4n) is 4.27. The van der Waals surface area contributed by atoms with E-state index in [0.717, 1.165) is 0 Å². The lowest BCUT2D eigenvalue weighted by Gasteiger charge is -2.07. The summed E-state index contributed by atoms with van der Waals surface area (Å²) in [6, 6.07) is 26.7. The molecule has 0 aliphatic rings. The number of aryl methyl sites for hydroxylation is 6. The molecule has 170 valence electrons. The largest absolute Gasteiger partial charge is 0.0555 e. The molecule has 0 fully saturated rings. The Morgan fingerprint density at radius 3 is 1.03 bits per heavy atom. The van der Waals surface area contributed by atoms with Gasteiger partial charge in [-0.1, -0.05) is 97.1 Å². The zero-order chi connectivity index (χ0) is 24.2. The van der Waals surface area contributed by atoms with Crippen molar-refractivity contribution in [3.05, 3.63) is 128 Å². The Morgan fingerprint density at radius 2 is 0.676 bits per heavy atom. The van der Waals surface area contributed by atoms with E-state index >= 15 is 0 Å². The minimum absolute atomic E-state index is 1.21. The van der Waals surface area contributed by atoms with Crippen LogP contribution in [0.2, 0.25) is 0 Å². The number of rotatable bonds is 5. The monoisotopic (exact) mass is 442 g/mol. The van der Waals surface area contributed by atoms with Gasteiger partial charge in [-0.3, -0.25) is 0 Å². The van der Waals surface area contributed by atoms with Crippen molar-refractivity contribution >= 4 is 24.3 Å². The first-order valence-electron chi connectivity index (χ1n) is 12.0. The Labute approximate surface area is 205 Å². The van der Waals surface area contributed by atoms with E-state index in [-0.39, 0.29) is 0 Å². The quantitative estimate of drug-likeness (QED) is 0.270. The van der Waals surface area contributed by atoms with Crippen molar-refractivity contribution in [2.45, 2.75) is 41.5 Å². The number of hydrogen-bond donors (Lipinski definition) is 0. The van der Waals surface area contributed by atoms with Gasteiger partial charge in [-0.15, -0.1) is 0 Å². The molecule has 0 unspecified atom stereocenters. The van der Waals surface area contributed by atoms with Crippen LogP contribution in [0.4, 0.5) is 0 Å². The number of hydrogen-bond acceptors (Lipinski definition) is 0. The van der Waals surface area contributed by atoms with Crippen molar-refractivity contribution in [1.29, 1.82) is 0 Å². The molecular formula is C34H34. The van der Waals surface area contributed by atoms with E-state index in [1.54, 1.807) is 0 Å². The lowest BCUT2D eigenvalue weighted by atomic mass is 9.98. The fraction of sp³-hybridized carbons (Fsp3) is 0.176. The van der Waals surface area contributed by atoms with Gasteiger partial charge in [0.25, 0.3) is 0 Å². The molecule has 0 atom stereocenters. The molecule has 0 amide bonds. The van der Waals surface area contributed by atoms with Gasteiger partial charge in [0, 0.05) is 0 Å². The van der Waals surface area contributed by atoms with Gasteiger partial charge in [-0.25, -0.2) is 0 Å². The topological polar surface area (TPSA) is 0 Å². The summed E-state index contributed by atoms with van der Waals surface area (Å²) in [4.78, 5) is 0. The van der Waals surface area contributed by atoms with Crippen molar-refractivity contribution in [1.82, 2.24) is 0 Å². The van der Waals surface area contributed by atoms with Gasteiger partial charge in [-0.05, 0) is 108 Å². The minimum atomic E-state index is 1.21. The van der Waals surface area contributed by atoms with Crippen molar-refractivity contribution in [3.63, 3.8) is 0 Å². The van der Waals surface area contributed by atoms with Gasteiger partial charge in [0.15, 0.2) is 0 Å². The van der Waals surface area contributed by atoms with Crippen LogP contribution in [0.5, 0.6) is 0 Å². The van der Waals surface area contributed by atoms with Crippen LogP contribution in [0.25, 0.3) is 35.4 Å². The summed E-state index contributed by atoms with van der Waals surface area (Å²) < 4.78 is 0. The maximum atomic E-state index is 2.27. The third-order valence-electron chi connectivity index (χ3n) is 6.83. The van der Waals surface area contributed by atoms with Gasteiger partial charge in [0.1, 0.15) is 0 Å². The molecule has 0 heterocycles. The fourth-order valence-corrected chi connectivity index (χ4v) is 4.27. The molecule has 0 saturated carbocycles. The van der Waals surface area contributed by atoms with E-state index in [9.17, 15) is 0 Å². The summed E-state index contributed by atoms with van der Waals surface area (Å²) in [7, 11) is 0. The highest BCUT2D eigenvalue weighted by molar-refractivity contribution is 5.75. The molecule has 0 bridgehead atoms. The van der Waals surface area contributed by atoms with Crippen LogP contribution in [0.3, 0.4) is 0 Å². The Morgan fingerprint density at radius 1 is 0.353 bits per heavy atom. The molecule has 34 heavy (non-hydrogen) atoms. The normalized spacial score (nSPS) is 11.6. The van der Waals surface area contributed by atoms with Crippen molar-refractivity contribution in [2.24, 2.45) is 0 Å². The highest BCUT2D eigenvalue weighted by atomic mass is 14.1. The van der Waals surface area contributed by atoms with Crippen molar-refractivity contribution < 1.29 is 0 Å². The van der Waals surface area contributed by atoms with E-state index in [1.807, 2.05) is 0 Å². The van der Waals surface area contributed by atoms with E-state index in [2.05, 4.69) is 139 Å². The molecule has 4 rings (SSSR count). The molecule has 0 aliphatic carbocycles. The predicted molar refractivity (Wildman–Crippen MR) is 151 cm³/mol. The van der Waals surface area contributed by atoms with Gasteiger partial charge < -0.3 is 0 Å². The van der Waals surface area contributed by atoms with Crippen molar-refractivity contribution in [2.75, 3.05) is 0 Å². The first-order valence-corrected chi connectivity index (χ1v) is 12.0. The summed E-state index contributed by atoms with van der Waals surface area (Å²) in [5.41, 5.74) is 15.5. The van der Waals surface area contributed by atoms with E-state index < -0.39 is 0 Å². The standard InChI is InChI=1S/C34H34/c1-23-19-27(5)33(21-25(23)3)17-11-29-7-13-31(14-8-29)32-15-9-30(10-16-32)12-18-34-22-26(4)24(2)20-28(34)6/h7-22H,1-6H3/b17-11+,18-12+. The Balaban J connectivity index is 1.46. The molecule has 0 aromatic heterocycles. The Kier molecular flexibility index (Phi) is 6.98. The zero-order valence-corrected chi connectivity index (χ0v) is 21.2. The molecule has 0 spiro atoms. The Bertz CT molecular complexity index is 1250. The summed E-state index contributed by atoms with van der Waals surface area (Å²) in [5, 5.41) is 0. The Hall–Kier alpha value is -3.64. The second-order valence-corrected chi connectivity index (χ2v) is 9.50. The van der Waals surface area contributed by atoms with Crippen LogP contribution in [-0.4, -0.2) is 0 Å². The summed E-state index contributed by atoms with van der Waals surface area (Å²) in [5.74, 6) is 0. The highest BCUT2D eigenvalue weighted by Gasteiger charge is 2.01. The third-order valence-corrected chi connectivity index (χ3v) is 6.83. The van der Waals surface area contributed by atoms with Gasteiger partial charge in [0.05, 0.1) is 0 Å². The summed E-state index contributed by atoms with van der Waals surface area (Å²) in [6.45, 7) is 13.0. The molecule has 0 nitrogen and oxygen atoms in total. The minimum Gasteiger partial charge on any atom is -0.0555 e. The van der Waals surface area contributed by atoms with Crippen LogP contribution < -0.4 is 0 Å². The van der Waals surface area contributed by atoms with Crippen LogP contribution in [0.15, 0.2) is 72.8 Å². The zero-order valence-electron chi connectivity index (χ0n) is 21.2. The van der Waals surface area contributed by atoms with Crippen LogP contribution in [0.1, 0.15) is 55.6 Å². The molecule has 0 aliphatic heterocycles. The molecule has 0 heteroatoms. The van der Waals surface area contributed by atoms with Crippen LogP contribution in [-0.2, 0) is 0 Å². The SMILES string of the molecule is Cc1cc(C)c(/C=C/c2ccc(-c3ccc(/C=C/c4cc(C)c(C)cc4C)cc3)cc2)cc1C. The smallest absolute Gasteiger partial charge is 0.0184 e. The van der Waals surface area contributed by atoms with Crippen LogP contribution >= 0.6 is 0 Å². The maximum Gasteiger partial charge on any atom is -0.0184 e. The molecule has 4 aromatic carbocycles. The molecule has 0 N–H and O–H groups in total. The van der Waals surface area contributed by atoms with Gasteiger partial charge in [-0.2, -0.15) is 0 Å². The second-order valence-electron chi connectivity index (χ2n) is 9.50. The van der Waals surface area contributed by atoms with Crippen LogP contribution in [0, 0.1) is 41.5 Å². The maximum absolute atomic E-state index is 2.27. The van der Waals surface area contributed by atoms with Gasteiger partial charge >= 0.3 is 0 Å². The average molecular weight is 443 g/mol. The molecule has 0 radical (unpaired) electrons. The highest BCUT2D eigenvalue weighted by Crippen LogP contribution is 2.24. The third kappa shape index (κ3) is 5.46. The predicted octanol–water partition coefficient (Wildman–Crippen LogP) is 9.54. The van der Waals surface area contributed by atoms with E-state index in [4.69, 9.17) is 0 Å². The molecule has 0 saturated heterocycles. The van der Waals surface area contributed by atoms with E-state index in [0.29, 0.717) is 0 Å². The number of benzene rings is 4. The second kappa shape index (κ2) is 10.1. The first-order chi connectivity index (χ1) is 16.3. The average Bonchev–Trinajstić information content (AvgIpc) is 2.83. The lowest BCUT2D eigenvalue weighted by Crippen LogP contribution is -1.87. The van der Waals surface area contributed by atoms with Gasteiger partial charge in [0.2, 0.25) is 0 Å². The first kappa shape index (κ1) is 23.5. The molecule has 4 aromatic rings. The van der Waals surface area contributed by atoms with Crippen molar-refractivity contribution in [3.8, 4) is 11.1 Å². The summed E-state index contributed by atoms with van der Waals surface area (Å²) >= 11 is 0. The lowest BCUT2D eigenvalue weighted by molar-refractivity contribution is 1.29. The molecular weight excluding hydrogens is 408 g/mol. The van der Waals surface area contributed by atoms with E-state index in [1.165, 1.54) is 66.8 Å².